The highest BCUT2D eigenvalue weighted by Gasteiger charge is 2.41. The van der Waals surface area contributed by atoms with Gasteiger partial charge >= 0.3 is 0 Å². The van der Waals surface area contributed by atoms with E-state index in [9.17, 15) is 5.11 Å². The first-order chi connectivity index (χ1) is 9.12. The number of aliphatic hydroxyl groups excluding tert-OH is 3. The van der Waals surface area contributed by atoms with E-state index < -0.39 is 11.6 Å². The molecule has 0 rings (SSSR count). The average molecular weight is 263 g/mol. The van der Waals surface area contributed by atoms with Gasteiger partial charge in [-0.3, -0.25) is 4.90 Å². The van der Waals surface area contributed by atoms with Gasteiger partial charge in [0.2, 0.25) is 0 Å². The third-order valence-electron chi connectivity index (χ3n) is 3.12. The molecule has 0 saturated heterocycles. The SMILES string of the molecule is C#CCC(O)C(CC#C)(CC#C)N(CCO)CCO. The Labute approximate surface area is 115 Å². The van der Waals surface area contributed by atoms with Crippen molar-refractivity contribution >= 4 is 0 Å². The monoisotopic (exact) mass is 263 g/mol. The van der Waals surface area contributed by atoms with Crippen molar-refractivity contribution in [3.8, 4) is 37.0 Å². The summed E-state index contributed by atoms with van der Waals surface area (Å²) in [4.78, 5) is 1.72. The van der Waals surface area contributed by atoms with Gasteiger partial charge in [0.25, 0.3) is 0 Å². The molecule has 4 nitrogen and oxygen atoms in total. The van der Waals surface area contributed by atoms with Gasteiger partial charge < -0.3 is 15.3 Å². The first-order valence-electron chi connectivity index (χ1n) is 6.08. The summed E-state index contributed by atoms with van der Waals surface area (Å²) in [5, 5.41) is 28.6. The van der Waals surface area contributed by atoms with Gasteiger partial charge in [-0.2, -0.15) is 0 Å². The van der Waals surface area contributed by atoms with Crippen LogP contribution >= 0.6 is 0 Å². The Morgan fingerprint density at radius 1 is 0.947 bits per heavy atom. The molecule has 0 aromatic carbocycles. The van der Waals surface area contributed by atoms with E-state index in [1.807, 2.05) is 0 Å². The van der Waals surface area contributed by atoms with Crippen LogP contribution in [0.2, 0.25) is 0 Å². The third-order valence-corrected chi connectivity index (χ3v) is 3.12. The fraction of sp³-hybridized carbons (Fsp3) is 0.600. The molecule has 0 spiro atoms. The van der Waals surface area contributed by atoms with E-state index in [1.165, 1.54) is 0 Å². The quantitative estimate of drug-likeness (QED) is 0.488. The molecule has 0 aliphatic carbocycles. The van der Waals surface area contributed by atoms with Crippen molar-refractivity contribution in [2.45, 2.75) is 30.9 Å². The van der Waals surface area contributed by atoms with Crippen LogP contribution in [-0.4, -0.2) is 58.2 Å². The zero-order valence-corrected chi connectivity index (χ0v) is 11.0. The summed E-state index contributed by atoms with van der Waals surface area (Å²) in [5.41, 5.74) is -0.915. The number of hydrogen-bond acceptors (Lipinski definition) is 4. The lowest BCUT2D eigenvalue weighted by Crippen LogP contribution is -2.58. The molecule has 19 heavy (non-hydrogen) atoms. The Bertz CT molecular complexity index is 350. The summed E-state index contributed by atoms with van der Waals surface area (Å²) in [6.07, 6.45) is 15.6. The fourth-order valence-electron chi connectivity index (χ4n) is 2.19. The molecule has 0 aromatic heterocycles. The minimum atomic E-state index is -0.915. The van der Waals surface area contributed by atoms with Crippen molar-refractivity contribution in [2.75, 3.05) is 26.3 Å². The Balaban J connectivity index is 5.45. The molecular weight excluding hydrogens is 242 g/mol. The van der Waals surface area contributed by atoms with Gasteiger partial charge in [-0.1, -0.05) is 0 Å². The largest absolute Gasteiger partial charge is 0.395 e. The zero-order chi connectivity index (χ0) is 14.7. The molecule has 0 aliphatic rings. The minimum Gasteiger partial charge on any atom is -0.395 e. The minimum absolute atomic E-state index is 0.108. The summed E-state index contributed by atoms with van der Waals surface area (Å²) < 4.78 is 0. The van der Waals surface area contributed by atoms with E-state index in [0.717, 1.165) is 0 Å². The number of rotatable bonds is 9. The van der Waals surface area contributed by atoms with Gasteiger partial charge in [0.15, 0.2) is 0 Å². The standard InChI is InChI=1S/C15H21NO3/c1-4-7-14(19)15(8-5-2,9-6-3)16(10-12-17)11-13-18/h1-3,14,17-19H,7-13H2. The molecule has 0 bridgehead atoms. The lowest BCUT2D eigenvalue weighted by Gasteiger charge is -2.44. The van der Waals surface area contributed by atoms with Crippen LogP contribution in [0.25, 0.3) is 0 Å². The highest BCUT2D eigenvalue weighted by molar-refractivity contribution is 5.13. The van der Waals surface area contributed by atoms with Crippen LogP contribution in [0.4, 0.5) is 0 Å². The normalized spacial score (nSPS) is 12.5. The van der Waals surface area contributed by atoms with Crippen LogP contribution in [0, 0.1) is 37.0 Å². The van der Waals surface area contributed by atoms with Crippen molar-refractivity contribution in [3.63, 3.8) is 0 Å². The smallest absolute Gasteiger partial charge is 0.0851 e. The van der Waals surface area contributed by atoms with Crippen molar-refractivity contribution in [1.29, 1.82) is 0 Å². The first kappa shape index (κ1) is 17.5. The topological polar surface area (TPSA) is 63.9 Å². The molecule has 0 heterocycles. The highest BCUT2D eigenvalue weighted by atomic mass is 16.3. The maximum atomic E-state index is 10.3. The zero-order valence-electron chi connectivity index (χ0n) is 11.0. The molecule has 1 atom stereocenters. The number of nitrogens with zero attached hydrogens (tertiary/aromatic N) is 1. The second kappa shape index (κ2) is 9.45. The van der Waals surface area contributed by atoms with E-state index >= 15 is 0 Å². The second-order valence-electron chi connectivity index (χ2n) is 4.22. The van der Waals surface area contributed by atoms with Crippen LogP contribution in [-0.2, 0) is 0 Å². The van der Waals surface area contributed by atoms with Gasteiger partial charge in [0.1, 0.15) is 0 Å². The Hall–Kier alpha value is -1.48. The van der Waals surface area contributed by atoms with Crippen LogP contribution in [0.15, 0.2) is 0 Å². The lowest BCUT2D eigenvalue weighted by molar-refractivity contribution is -0.0379. The number of hydrogen-bond donors (Lipinski definition) is 3. The van der Waals surface area contributed by atoms with Gasteiger partial charge in [-0.25, -0.2) is 0 Å². The van der Waals surface area contributed by atoms with E-state index in [2.05, 4.69) is 17.8 Å². The Kier molecular flexibility index (Phi) is 8.71. The second-order valence-corrected chi connectivity index (χ2v) is 4.22. The van der Waals surface area contributed by atoms with Gasteiger partial charge in [0, 0.05) is 32.4 Å². The molecule has 3 N–H and O–H groups in total. The molecule has 104 valence electrons. The summed E-state index contributed by atoms with van der Waals surface area (Å²) >= 11 is 0. The van der Waals surface area contributed by atoms with Gasteiger partial charge in [-0.15, -0.1) is 37.0 Å². The Morgan fingerprint density at radius 2 is 1.42 bits per heavy atom. The molecule has 0 fully saturated rings. The van der Waals surface area contributed by atoms with Crippen LogP contribution < -0.4 is 0 Å². The molecule has 4 heteroatoms. The van der Waals surface area contributed by atoms with E-state index in [0.29, 0.717) is 0 Å². The van der Waals surface area contributed by atoms with Gasteiger partial charge in [-0.05, 0) is 0 Å². The fourth-order valence-corrected chi connectivity index (χ4v) is 2.19. The van der Waals surface area contributed by atoms with Crippen LogP contribution in [0.5, 0.6) is 0 Å². The van der Waals surface area contributed by atoms with E-state index in [4.69, 9.17) is 29.5 Å². The predicted octanol–water partition coefficient (Wildman–Crippen LogP) is -0.557. The highest BCUT2D eigenvalue weighted by Crippen LogP contribution is 2.29. The van der Waals surface area contributed by atoms with Crippen molar-refractivity contribution in [3.05, 3.63) is 0 Å². The molecule has 0 radical (unpaired) electrons. The molecule has 1 unspecified atom stereocenters. The summed E-state index contributed by atoms with van der Waals surface area (Å²) in [7, 11) is 0. The number of β-amino-alcohol motifs (C(OH)–C–C–N with tert-alkyl or cyclic N) is 2. The van der Waals surface area contributed by atoms with E-state index in [1.54, 1.807) is 4.90 Å². The average Bonchev–Trinajstić information content (AvgIpc) is 2.38. The molecule has 0 saturated carbocycles. The molecule has 0 aromatic rings. The first-order valence-corrected chi connectivity index (χ1v) is 6.08. The predicted molar refractivity (Wildman–Crippen MR) is 74.8 cm³/mol. The van der Waals surface area contributed by atoms with Crippen LogP contribution in [0.1, 0.15) is 19.3 Å². The summed E-state index contributed by atoms with van der Waals surface area (Å²) in [5.74, 6) is 7.39. The summed E-state index contributed by atoms with van der Waals surface area (Å²) in [6.45, 7) is 0.260. The van der Waals surface area contributed by atoms with E-state index in [-0.39, 0.29) is 45.6 Å². The van der Waals surface area contributed by atoms with Gasteiger partial charge in [0.05, 0.1) is 24.9 Å². The van der Waals surface area contributed by atoms with Crippen molar-refractivity contribution in [2.24, 2.45) is 0 Å². The summed E-state index contributed by atoms with van der Waals surface area (Å²) in [6, 6.07) is 0. The molecule has 0 amide bonds. The molecule has 0 aliphatic heterocycles. The molecular formula is C15H21NO3. The maximum Gasteiger partial charge on any atom is 0.0851 e. The maximum absolute atomic E-state index is 10.3. The number of terminal acetylenes is 3. The Morgan fingerprint density at radius 3 is 1.74 bits per heavy atom. The van der Waals surface area contributed by atoms with Crippen molar-refractivity contribution in [1.82, 2.24) is 4.90 Å². The van der Waals surface area contributed by atoms with Crippen LogP contribution in [0.3, 0.4) is 0 Å². The third kappa shape index (κ3) is 4.60. The lowest BCUT2D eigenvalue weighted by atomic mass is 9.82. The number of aliphatic hydroxyl groups is 3. The van der Waals surface area contributed by atoms with Crippen molar-refractivity contribution < 1.29 is 15.3 Å².